The largest absolute Gasteiger partial charge is 0.359 e. The third kappa shape index (κ3) is 2.67. The number of nitrogens with zero attached hydrogens (tertiary/aromatic N) is 2. The van der Waals surface area contributed by atoms with Crippen molar-refractivity contribution in [3.8, 4) is 5.69 Å². The monoisotopic (exact) mass is 416 g/mol. The lowest BCUT2D eigenvalue weighted by atomic mass is 10.0. The number of benzene rings is 1. The van der Waals surface area contributed by atoms with Gasteiger partial charge < -0.3 is 10.3 Å². The van der Waals surface area contributed by atoms with E-state index in [1.165, 1.54) is 0 Å². The van der Waals surface area contributed by atoms with Crippen LogP contribution >= 0.6 is 0 Å². The number of nitrogens with one attached hydrogen (secondary N) is 1. The molecule has 1 saturated carbocycles. The predicted molar refractivity (Wildman–Crippen MR) is 102 cm³/mol. The first-order valence-electron chi connectivity index (χ1n) is 9.32. The molecule has 3 heterocycles. The summed E-state index contributed by atoms with van der Waals surface area (Å²) in [5, 5.41) is 1.40. The molecule has 4 aromatic rings. The Morgan fingerprint density at radius 3 is 2.63 bits per heavy atom. The number of hydrogen-bond donors (Lipinski definition) is 2. The number of rotatable bonds is 2. The van der Waals surface area contributed by atoms with Crippen LogP contribution in [-0.2, 0) is 0 Å². The number of halogens is 3. The van der Waals surface area contributed by atoms with Crippen LogP contribution in [0.1, 0.15) is 30.9 Å². The highest BCUT2D eigenvalue weighted by Crippen LogP contribution is 2.35. The molecule has 30 heavy (non-hydrogen) atoms. The summed E-state index contributed by atoms with van der Waals surface area (Å²) in [4.78, 5) is 29.3. The van der Waals surface area contributed by atoms with Crippen molar-refractivity contribution in [3.63, 3.8) is 0 Å². The van der Waals surface area contributed by atoms with E-state index in [2.05, 4.69) is 4.98 Å². The van der Waals surface area contributed by atoms with Crippen molar-refractivity contribution < 1.29 is 17.7 Å². The lowest BCUT2D eigenvalue weighted by molar-refractivity contribution is 0.436. The van der Waals surface area contributed by atoms with E-state index in [0.717, 1.165) is 22.8 Å². The van der Waals surface area contributed by atoms with Crippen LogP contribution in [-0.4, -0.2) is 20.7 Å². The maximum atomic E-state index is 14.9. The van der Waals surface area contributed by atoms with Crippen LogP contribution in [0.2, 0.25) is 0 Å². The molecular weight excluding hydrogens is 401 g/mol. The lowest BCUT2D eigenvalue weighted by Gasteiger charge is -2.15. The van der Waals surface area contributed by atoms with Crippen molar-refractivity contribution >= 4 is 22.1 Å². The van der Waals surface area contributed by atoms with Gasteiger partial charge in [-0.25, -0.2) is 18.2 Å². The van der Waals surface area contributed by atoms with Crippen molar-refractivity contribution in [1.29, 1.82) is 0 Å². The standard InChI is InChI=1S/C20H15F3N4O3/c21-9-2-4-14(12(22)6-9)27-18-11(17(28)15-19(29)26-30-20(15)27)7-13(23)16(25-18)8-1-3-10(24)5-8/h2,4,6-8,10H,1,3,5,24H2,(H,26,29). The molecule has 0 bridgehead atoms. The van der Waals surface area contributed by atoms with Crippen molar-refractivity contribution in [2.75, 3.05) is 0 Å². The van der Waals surface area contributed by atoms with Crippen LogP contribution < -0.4 is 16.7 Å². The SMILES string of the molecule is NC1CCC(c2nc3c(cc2F)c(=O)c2c(=O)[nH]oc2n3-c2ccc(F)cc2F)C1. The lowest BCUT2D eigenvalue weighted by Crippen LogP contribution is -2.18. The Bertz CT molecular complexity index is 1440. The first-order chi connectivity index (χ1) is 14.3. The summed E-state index contributed by atoms with van der Waals surface area (Å²) in [5.41, 5.74) is 3.79. The molecule has 1 fully saturated rings. The van der Waals surface area contributed by atoms with E-state index in [4.69, 9.17) is 10.3 Å². The Balaban J connectivity index is 1.93. The third-order valence-corrected chi connectivity index (χ3v) is 5.56. The number of aromatic nitrogens is 3. The fraction of sp³-hybridized carbons (Fsp3) is 0.250. The van der Waals surface area contributed by atoms with Gasteiger partial charge in [0.15, 0.2) is 11.0 Å². The Hall–Kier alpha value is -3.40. The number of H-pyrrole nitrogens is 1. The van der Waals surface area contributed by atoms with E-state index >= 15 is 0 Å². The molecule has 5 rings (SSSR count). The van der Waals surface area contributed by atoms with E-state index in [1.807, 2.05) is 5.16 Å². The summed E-state index contributed by atoms with van der Waals surface area (Å²) >= 11 is 0. The van der Waals surface area contributed by atoms with Crippen LogP contribution in [0.4, 0.5) is 13.2 Å². The van der Waals surface area contributed by atoms with Gasteiger partial charge in [0.2, 0.25) is 11.1 Å². The molecule has 3 N–H and O–H groups in total. The van der Waals surface area contributed by atoms with Gasteiger partial charge in [-0.2, -0.15) is 5.16 Å². The molecule has 0 radical (unpaired) electrons. The van der Waals surface area contributed by atoms with Crippen molar-refractivity contribution in [2.45, 2.75) is 31.2 Å². The second kappa shape index (κ2) is 6.56. The zero-order valence-electron chi connectivity index (χ0n) is 15.4. The molecule has 1 aliphatic carbocycles. The molecule has 154 valence electrons. The maximum Gasteiger partial charge on any atom is 0.293 e. The number of nitrogens with two attached hydrogens (primary N) is 1. The summed E-state index contributed by atoms with van der Waals surface area (Å²) in [6.45, 7) is 0. The topological polar surface area (TPSA) is 107 Å². The molecule has 3 aromatic heterocycles. The van der Waals surface area contributed by atoms with E-state index < -0.39 is 33.8 Å². The minimum absolute atomic E-state index is 0.0891. The zero-order valence-corrected chi connectivity index (χ0v) is 15.4. The molecule has 1 aliphatic rings. The van der Waals surface area contributed by atoms with Crippen molar-refractivity contribution in [1.82, 2.24) is 14.7 Å². The molecule has 0 saturated heterocycles. The molecule has 10 heteroatoms. The Labute approximate surface area is 165 Å². The molecule has 2 atom stereocenters. The van der Waals surface area contributed by atoms with Gasteiger partial charge in [0.05, 0.1) is 16.8 Å². The summed E-state index contributed by atoms with van der Waals surface area (Å²) in [6, 6.07) is 3.69. The average molecular weight is 416 g/mol. The van der Waals surface area contributed by atoms with Crippen LogP contribution in [0.3, 0.4) is 0 Å². The summed E-state index contributed by atoms with van der Waals surface area (Å²) in [5.74, 6) is -2.75. The highest BCUT2D eigenvalue weighted by atomic mass is 19.1. The molecule has 0 aliphatic heterocycles. The van der Waals surface area contributed by atoms with Crippen LogP contribution in [0.5, 0.6) is 0 Å². The fourth-order valence-corrected chi connectivity index (χ4v) is 4.15. The van der Waals surface area contributed by atoms with Gasteiger partial charge in [0.1, 0.15) is 17.5 Å². The van der Waals surface area contributed by atoms with Crippen LogP contribution in [0.25, 0.3) is 27.8 Å². The number of hydrogen-bond acceptors (Lipinski definition) is 5. The fourth-order valence-electron chi connectivity index (χ4n) is 4.15. The van der Waals surface area contributed by atoms with E-state index in [0.29, 0.717) is 25.3 Å². The molecule has 0 spiro atoms. The molecule has 2 unspecified atom stereocenters. The highest BCUT2D eigenvalue weighted by molar-refractivity contribution is 5.90. The minimum atomic E-state index is -0.972. The van der Waals surface area contributed by atoms with Gasteiger partial charge in [-0.05, 0) is 37.5 Å². The summed E-state index contributed by atoms with van der Waals surface area (Å²) in [6.07, 6.45) is 1.84. The first kappa shape index (κ1) is 18.6. The Morgan fingerprint density at radius 2 is 1.93 bits per heavy atom. The summed E-state index contributed by atoms with van der Waals surface area (Å²) in [7, 11) is 0. The maximum absolute atomic E-state index is 14.9. The second-order valence-corrected chi connectivity index (χ2v) is 7.47. The van der Waals surface area contributed by atoms with Crippen molar-refractivity contribution in [3.05, 3.63) is 68.0 Å². The predicted octanol–water partition coefficient (Wildman–Crippen LogP) is 2.83. The van der Waals surface area contributed by atoms with Gasteiger partial charge in [-0.3, -0.25) is 14.2 Å². The van der Waals surface area contributed by atoms with Crippen LogP contribution in [0.15, 0.2) is 38.4 Å². The van der Waals surface area contributed by atoms with Crippen LogP contribution in [0, 0.1) is 17.5 Å². The van der Waals surface area contributed by atoms with Gasteiger partial charge >= 0.3 is 0 Å². The Kier molecular flexibility index (Phi) is 4.07. The van der Waals surface area contributed by atoms with E-state index in [1.54, 1.807) is 0 Å². The smallest absolute Gasteiger partial charge is 0.293 e. The number of fused-ring (bicyclic) bond motifs is 2. The molecule has 7 nitrogen and oxygen atoms in total. The minimum Gasteiger partial charge on any atom is -0.359 e. The zero-order chi connectivity index (χ0) is 21.2. The first-order valence-corrected chi connectivity index (χ1v) is 9.32. The third-order valence-electron chi connectivity index (χ3n) is 5.56. The number of pyridine rings is 2. The Morgan fingerprint density at radius 1 is 1.13 bits per heavy atom. The van der Waals surface area contributed by atoms with E-state index in [-0.39, 0.29) is 40.1 Å². The van der Waals surface area contributed by atoms with Crippen molar-refractivity contribution in [2.24, 2.45) is 5.73 Å². The van der Waals surface area contributed by atoms with E-state index in [9.17, 15) is 22.8 Å². The average Bonchev–Trinajstić information content (AvgIpc) is 3.29. The quantitative estimate of drug-likeness (QED) is 0.523. The van der Waals surface area contributed by atoms with Gasteiger partial charge in [-0.15, -0.1) is 0 Å². The summed E-state index contributed by atoms with van der Waals surface area (Å²) < 4.78 is 49.2. The van der Waals surface area contributed by atoms with Gasteiger partial charge in [0.25, 0.3) is 5.56 Å². The second-order valence-electron chi connectivity index (χ2n) is 7.47. The van der Waals surface area contributed by atoms with Gasteiger partial charge in [-0.1, -0.05) is 0 Å². The molecular formula is C20H15F3N4O3. The normalized spacial score (nSPS) is 19.2. The molecule has 1 aromatic carbocycles. The molecule has 0 amide bonds. The highest BCUT2D eigenvalue weighted by Gasteiger charge is 2.29. The number of aromatic amines is 1. The van der Waals surface area contributed by atoms with Gasteiger partial charge in [0, 0.05) is 18.0 Å².